The summed E-state index contributed by atoms with van der Waals surface area (Å²) < 4.78 is 0. The van der Waals surface area contributed by atoms with Gasteiger partial charge in [0.25, 0.3) is 0 Å². The molecule has 17 heavy (non-hydrogen) atoms. The molecule has 1 amide bonds. The maximum Gasteiger partial charge on any atom is 0.236 e. The Balaban J connectivity index is 2.19. The molecule has 0 aromatic rings. The summed E-state index contributed by atoms with van der Waals surface area (Å²) in [5.41, 5.74) is 0. The number of carbonyl (C=O) groups excluding carboxylic acids is 1. The number of nitrogens with zero attached hydrogens (tertiary/aromatic N) is 1. The molecule has 1 rings (SSSR count). The molecule has 2 N–H and O–H groups in total. The van der Waals surface area contributed by atoms with Gasteiger partial charge in [-0.1, -0.05) is 6.92 Å². The first kappa shape index (κ1) is 14.5. The average Bonchev–Trinajstić information content (AvgIpc) is 2.78. The van der Waals surface area contributed by atoms with E-state index in [9.17, 15) is 4.79 Å². The smallest absolute Gasteiger partial charge is 0.236 e. The van der Waals surface area contributed by atoms with Crippen molar-refractivity contribution in [3.8, 4) is 0 Å². The zero-order chi connectivity index (χ0) is 12.7. The van der Waals surface area contributed by atoms with Gasteiger partial charge < -0.3 is 15.5 Å². The summed E-state index contributed by atoms with van der Waals surface area (Å²) in [7, 11) is 0. The number of likely N-dealkylation sites (tertiary alicyclic amines) is 1. The molecule has 0 saturated carbocycles. The molecule has 0 aromatic heterocycles. The highest BCUT2D eigenvalue weighted by Crippen LogP contribution is 2.07. The molecule has 0 aliphatic carbocycles. The molecule has 1 aliphatic heterocycles. The minimum absolute atomic E-state index is 0.0980. The normalized spacial score (nSPS) is 20.2. The molecular weight excluding hydrogens is 214 g/mol. The van der Waals surface area contributed by atoms with Crippen molar-refractivity contribution >= 4 is 5.91 Å². The monoisotopic (exact) mass is 241 g/mol. The van der Waals surface area contributed by atoms with E-state index in [-0.39, 0.29) is 11.9 Å². The molecule has 0 spiro atoms. The van der Waals surface area contributed by atoms with Gasteiger partial charge in [-0.3, -0.25) is 4.79 Å². The first-order valence-electron chi connectivity index (χ1n) is 6.89. The third-order valence-electron chi connectivity index (χ3n) is 3.21. The Morgan fingerprint density at radius 2 is 1.94 bits per heavy atom. The van der Waals surface area contributed by atoms with Crippen molar-refractivity contribution in [1.82, 2.24) is 15.5 Å². The Morgan fingerprint density at radius 1 is 1.29 bits per heavy atom. The summed E-state index contributed by atoms with van der Waals surface area (Å²) in [5, 5.41) is 6.28. The summed E-state index contributed by atoms with van der Waals surface area (Å²) in [5.74, 6) is 0.111. The molecule has 4 nitrogen and oxygen atoms in total. The highest BCUT2D eigenvalue weighted by atomic mass is 16.2. The van der Waals surface area contributed by atoms with Crippen LogP contribution in [0.5, 0.6) is 0 Å². The number of rotatable bonds is 7. The van der Waals surface area contributed by atoms with Gasteiger partial charge in [-0.2, -0.15) is 0 Å². The third-order valence-corrected chi connectivity index (χ3v) is 3.21. The van der Waals surface area contributed by atoms with Crippen molar-refractivity contribution < 1.29 is 4.79 Å². The second-order valence-corrected chi connectivity index (χ2v) is 5.09. The predicted molar refractivity (Wildman–Crippen MR) is 71.0 cm³/mol. The Labute approximate surface area is 105 Å². The third kappa shape index (κ3) is 5.50. The lowest BCUT2D eigenvalue weighted by Gasteiger charge is -2.24. The van der Waals surface area contributed by atoms with Crippen LogP contribution in [0.4, 0.5) is 0 Å². The van der Waals surface area contributed by atoms with Crippen LogP contribution in [-0.4, -0.2) is 49.1 Å². The van der Waals surface area contributed by atoms with E-state index < -0.39 is 0 Å². The highest BCUT2D eigenvalue weighted by Gasteiger charge is 2.18. The van der Waals surface area contributed by atoms with Crippen molar-refractivity contribution in [1.29, 1.82) is 0 Å². The molecule has 1 fully saturated rings. The van der Waals surface area contributed by atoms with Crippen LogP contribution < -0.4 is 10.6 Å². The van der Waals surface area contributed by atoms with E-state index in [0.29, 0.717) is 6.04 Å². The Bertz CT molecular complexity index is 227. The number of hydrogen-bond acceptors (Lipinski definition) is 3. The van der Waals surface area contributed by atoms with Crippen LogP contribution in [0.2, 0.25) is 0 Å². The van der Waals surface area contributed by atoms with E-state index in [2.05, 4.69) is 29.4 Å². The molecule has 2 unspecified atom stereocenters. The van der Waals surface area contributed by atoms with Crippen molar-refractivity contribution in [2.24, 2.45) is 0 Å². The van der Waals surface area contributed by atoms with E-state index in [0.717, 1.165) is 19.5 Å². The molecular formula is C13H27N3O. The topological polar surface area (TPSA) is 44.4 Å². The van der Waals surface area contributed by atoms with E-state index in [1.807, 2.05) is 6.92 Å². The van der Waals surface area contributed by atoms with E-state index in [1.165, 1.54) is 25.9 Å². The highest BCUT2D eigenvalue weighted by molar-refractivity contribution is 5.81. The van der Waals surface area contributed by atoms with E-state index >= 15 is 0 Å². The molecule has 0 aromatic carbocycles. The van der Waals surface area contributed by atoms with Gasteiger partial charge in [0.2, 0.25) is 5.91 Å². The van der Waals surface area contributed by atoms with Gasteiger partial charge in [-0.25, -0.2) is 0 Å². The lowest BCUT2D eigenvalue weighted by Crippen LogP contribution is -2.49. The minimum Gasteiger partial charge on any atom is -0.355 e. The SMILES string of the molecule is CCCNC(=O)C(C)NC(C)CN1CCCC1. The number of hydrogen-bond donors (Lipinski definition) is 2. The molecule has 4 heteroatoms. The molecule has 1 aliphatic rings. The zero-order valence-corrected chi connectivity index (χ0v) is 11.5. The van der Waals surface area contributed by atoms with Crippen molar-refractivity contribution in [3.05, 3.63) is 0 Å². The van der Waals surface area contributed by atoms with Gasteiger partial charge in [0.1, 0.15) is 0 Å². The van der Waals surface area contributed by atoms with Crippen LogP contribution >= 0.6 is 0 Å². The summed E-state index contributed by atoms with van der Waals surface area (Å²) in [4.78, 5) is 14.2. The number of nitrogens with one attached hydrogen (secondary N) is 2. The summed E-state index contributed by atoms with van der Waals surface area (Å²) in [6, 6.07) is 0.273. The molecule has 1 saturated heterocycles. The molecule has 1 heterocycles. The summed E-state index contributed by atoms with van der Waals surface area (Å²) in [6.45, 7) is 10.4. The van der Waals surface area contributed by atoms with Gasteiger partial charge >= 0.3 is 0 Å². The average molecular weight is 241 g/mol. The van der Waals surface area contributed by atoms with Crippen molar-refractivity contribution in [2.75, 3.05) is 26.2 Å². The maximum absolute atomic E-state index is 11.7. The fourth-order valence-corrected chi connectivity index (χ4v) is 2.31. The fourth-order valence-electron chi connectivity index (χ4n) is 2.31. The molecule has 100 valence electrons. The lowest BCUT2D eigenvalue weighted by atomic mass is 10.2. The van der Waals surface area contributed by atoms with Crippen LogP contribution in [0.25, 0.3) is 0 Å². The van der Waals surface area contributed by atoms with E-state index in [4.69, 9.17) is 0 Å². The second kappa shape index (κ2) is 7.67. The summed E-state index contributed by atoms with van der Waals surface area (Å²) in [6.07, 6.45) is 3.63. The predicted octanol–water partition coefficient (Wildman–Crippen LogP) is 0.975. The molecule has 0 radical (unpaired) electrons. The van der Waals surface area contributed by atoms with Gasteiger partial charge in [0, 0.05) is 19.1 Å². The van der Waals surface area contributed by atoms with Crippen LogP contribution in [0.1, 0.15) is 40.0 Å². The Kier molecular flexibility index (Phi) is 6.52. The van der Waals surface area contributed by atoms with Crippen molar-refractivity contribution in [3.63, 3.8) is 0 Å². The van der Waals surface area contributed by atoms with Gasteiger partial charge in [0.05, 0.1) is 6.04 Å². The fraction of sp³-hybridized carbons (Fsp3) is 0.923. The van der Waals surface area contributed by atoms with Gasteiger partial charge in [-0.15, -0.1) is 0 Å². The van der Waals surface area contributed by atoms with Crippen molar-refractivity contribution in [2.45, 2.75) is 52.1 Å². The molecule has 0 bridgehead atoms. The first-order valence-corrected chi connectivity index (χ1v) is 6.89. The van der Waals surface area contributed by atoms with Crippen LogP contribution in [0.15, 0.2) is 0 Å². The van der Waals surface area contributed by atoms with Crippen LogP contribution in [0, 0.1) is 0 Å². The zero-order valence-electron chi connectivity index (χ0n) is 11.5. The Hall–Kier alpha value is -0.610. The lowest BCUT2D eigenvalue weighted by molar-refractivity contribution is -0.122. The second-order valence-electron chi connectivity index (χ2n) is 5.09. The number of carbonyl (C=O) groups is 1. The van der Waals surface area contributed by atoms with Gasteiger partial charge in [0.15, 0.2) is 0 Å². The Morgan fingerprint density at radius 3 is 2.53 bits per heavy atom. The standard InChI is InChI=1S/C13H27N3O/c1-4-7-14-13(17)12(3)15-11(2)10-16-8-5-6-9-16/h11-12,15H,4-10H2,1-3H3,(H,14,17). The van der Waals surface area contributed by atoms with Crippen LogP contribution in [0.3, 0.4) is 0 Å². The first-order chi connectivity index (χ1) is 8.13. The maximum atomic E-state index is 11.7. The van der Waals surface area contributed by atoms with Crippen LogP contribution in [-0.2, 0) is 4.79 Å². The molecule has 2 atom stereocenters. The quantitative estimate of drug-likeness (QED) is 0.698. The summed E-state index contributed by atoms with van der Waals surface area (Å²) >= 11 is 0. The van der Waals surface area contributed by atoms with E-state index in [1.54, 1.807) is 0 Å². The minimum atomic E-state index is -0.0980. The number of amides is 1. The largest absolute Gasteiger partial charge is 0.355 e. The van der Waals surface area contributed by atoms with Gasteiger partial charge in [-0.05, 0) is 46.2 Å².